The van der Waals surface area contributed by atoms with Crippen LogP contribution >= 0.6 is 0 Å². The number of carbonyl (C=O) groups excluding carboxylic acids is 1. The van der Waals surface area contributed by atoms with Crippen molar-refractivity contribution in [1.82, 2.24) is 5.32 Å². The zero-order valence-corrected chi connectivity index (χ0v) is 13.1. The number of fused-ring (bicyclic) bond motifs is 1. The molecular formula is C17H15F3N2O3. The van der Waals surface area contributed by atoms with Crippen molar-refractivity contribution >= 4 is 11.6 Å². The second kappa shape index (κ2) is 7.33. The number of nitrogens with one attached hydrogen (secondary N) is 2. The van der Waals surface area contributed by atoms with Gasteiger partial charge in [-0.2, -0.15) is 0 Å². The zero-order valence-electron chi connectivity index (χ0n) is 13.1. The van der Waals surface area contributed by atoms with Gasteiger partial charge in [0, 0.05) is 19.5 Å². The molecule has 8 heteroatoms. The van der Waals surface area contributed by atoms with Crippen LogP contribution in [-0.4, -0.2) is 19.2 Å². The van der Waals surface area contributed by atoms with Gasteiger partial charge in [-0.15, -0.1) is 0 Å². The van der Waals surface area contributed by atoms with Gasteiger partial charge in [0.05, 0.1) is 5.69 Å². The molecule has 25 heavy (non-hydrogen) atoms. The molecule has 0 radical (unpaired) electrons. The standard InChI is InChI=1S/C17H15F3N2O3/c18-11-2-3-12(17(20)16(11)19)21-6-5-15(23)22-8-10-1-4-13-14(7-10)25-9-24-13/h1-4,7,21H,5-6,8-9H2,(H,22,23). The summed E-state index contributed by atoms with van der Waals surface area (Å²) in [6, 6.07) is 7.25. The average Bonchev–Trinajstić information content (AvgIpc) is 3.07. The topological polar surface area (TPSA) is 59.6 Å². The Morgan fingerprint density at radius 2 is 1.84 bits per heavy atom. The molecule has 1 heterocycles. The lowest BCUT2D eigenvalue weighted by Gasteiger charge is -2.09. The van der Waals surface area contributed by atoms with Gasteiger partial charge in [-0.05, 0) is 29.8 Å². The van der Waals surface area contributed by atoms with Crippen LogP contribution in [0.5, 0.6) is 11.5 Å². The summed E-state index contributed by atoms with van der Waals surface area (Å²) in [7, 11) is 0. The number of halogens is 3. The highest BCUT2D eigenvalue weighted by molar-refractivity contribution is 5.76. The lowest BCUT2D eigenvalue weighted by atomic mass is 10.2. The number of amides is 1. The smallest absolute Gasteiger partial charge is 0.231 e. The van der Waals surface area contributed by atoms with Crippen LogP contribution in [0.1, 0.15) is 12.0 Å². The maximum Gasteiger partial charge on any atom is 0.231 e. The molecule has 0 saturated carbocycles. The van der Waals surface area contributed by atoms with E-state index in [2.05, 4.69) is 10.6 Å². The van der Waals surface area contributed by atoms with Crippen molar-refractivity contribution in [3.8, 4) is 11.5 Å². The first-order valence-electron chi connectivity index (χ1n) is 7.57. The Hall–Kier alpha value is -2.90. The van der Waals surface area contributed by atoms with E-state index in [0.29, 0.717) is 18.0 Å². The number of hydrogen-bond donors (Lipinski definition) is 2. The first-order valence-corrected chi connectivity index (χ1v) is 7.57. The van der Waals surface area contributed by atoms with Gasteiger partial charge >= 0.3 is 0 Å². The maximum absolute atomic E-state index is 13.5. The van der Waals surface area contributed by atoms with Crippen molar-refractivity contribution in [2.75, 3.05) is 18.7 Å². The third-order valence-corrected chi connectivity index (χ3v) is 3.63. The predicted octanol–water partition coefficient (Wildman–Crippen LogP) is 2.95. The Balaban J connectivity index is 1.45. The normalized spacial score (nSPS) is 12.1. The molecule has 1 aliphatic rings. The molecule has 0 atom stereocenters. The summed E-state index contributed by atoms with van der Waals surface area (Å²) in [5, 5.41) is 5.27. The van der Waals surface area contributed by atoms with Crippen molar-refractivity contribution in [2.45, 2.75) is 13.0 Å². The van der Waals surface area contributed by atoms with Crippen LogP contribution in [0, 0.1) is 17.5 Å². The van der Waals surface area contributed by atoms with Crippen molar-refractivity contribution in [2.24, 2.45) is 0 Å². The Morgan fingerprint density at radius 3 is 2.68 bits per heavy atom. The van der Waals surface area contributed by atoms with Crippen LogP contribution in [0.3, 0.4) is 0 Å². The van der Waals surface area contributed by atoms with Gasteiger partial charge in [-0.1, -0.05) is 6.07 Å². The molecule has 0 fully saturated rings. The summed E-state index contributed by atoms with van der Waals surface area (Å²) >= 11 is 0. The summed E-state index contributed by atoms with van der Waals surface area (Å²) in [5.74, 6) is -3.09. The van der Waals surface area contributed by atoms with Gasteiger partial charge in [0.1, 0.15) is 0 Å². The molecule has 0 aliphatic carbocycles. The Morgan fingerprint density at radius 1 is 1.04 bits per heavy atom. The van der Waals surface area contributed by atoms with E-state index < -0.39 is 17.5 Å². The summed E-state index contributed by atoms with van der Waals surface area (Å²) in [5.41, 5.74) is 0.652. The summed E-state index contributed by atoms with van der Waals surface area (Å²) in [4.78, 5) is 11.8. The Labute approximate surface area is 141 Å². The Bertz CT molecular complexity index is 799. The number of rotatable bonds is 6. The van der Waals surface area contributed by atoms with Gasteiger partial charge < -0.3 is 20.1 Å². The van der Waals surface area contributed by atoms with Crippen LogP contribution in [-0.2, 0) is 11.3 Å². The quantitative estimate of drug-likeness (QED) is 0.785. The van der Waals surface area contributed by atoms with Gasteiger partial charge in [-0.3, -0.25) is 4.79 Å². The zero-order chi connectivity index (χ0) is 17.8. The third kappa shape index (κ3) is 3.96. The molecule has 2 aromatic rings. The van der Waals surface area contributed by atoms with Crippen LogP contribution in [0.15, 0.2) is 30.3 Å². The fraction of sp³-hybridized carbons (Fsp3) is 0.235. The predicted molar refractivity (Wildman–Crippen MR) is 83.8 cm³/mol. The van der Waals surface area contributed by atoms with E-state index in [9.17, 15) is 18.0 Å². The van der Waals surface area contributed by atoms with Crippen molar-refractivity contribution in [3.63, 3.8) is 0 Å². The summed E-state index contributed by atoms with van der Waals surface area (Å²) in [6.45, 7) is 0.557. The number of hydrogen-bond acceptors (Lipinski definition) is 4. The lowest BCUT2D eigenvalue weighted by Crippen LogP contribution is -2.25. The average molecular weight is 352 g/mol. The van der Waals surface area contributed by atoms with Gasteiger partial charge in [0.15, 0.2) is 29.0 Å². The molecule has 1 amide bonds. The second-order valence-corrected chi connectivity index (χ2v) is 5.36. The molecule has 3 rings (SSSR count). The highest BCUT2D eigenvalue weighted by Crippen LogP contribution is 2.32. The van der Waals surface area contributed by atoms with E-state index in [1.807, 2.05) is 6.07 Å². The van der Waals surface area contributed by atoms with Crippen molar-refractivity contribution < 1.29 is 27.4 Å². The van der Waals surface area contributed by atoms with Gasteiger partial charge in [0.25, 0.3) is 0 Å². The number of carbonyl (C=O) groups is 1. The molecule has 0 unspecified atom stereocenters. The van der Waals surface area contributed by atoms with E-state index in [1.165, 1.54) is 0 Å². The molecule has 0 bridgehead atoms. The van der Waals surface area contributed by atoms with E-state index in [4.69, 9.17) is 9.47 Å². The minimum atomic E-state index is -1.54. The minimum Gasteiger partial charge on any atom is -0.454 e. The van der Waals surface area contributed by atoms with Gasteiger partial charge in [-0.25, -0.2) is 13.2 Å². The molecule has 2 N–H and O–H groups in total. The first kappa shape index (κ1) is 16.9. The first-order chi connectivity index (χ1) is 12.0. The van der Waals surface area contributed by atoms with E-state index >= 15 is 0 Å². The molecular weight excluding hydrogens is 337 g/mol. The highest BCUT2D eigenvalue weighted by Gasteiger charge is 2.14. The molecule has 1 aliphatic heterocycles. The van der Waals surface area contributed by atoms with Crippen LogP contribution < -0.4 is 20.1 Å². The maximum atomic E-state index is 13.5. The molecule has 132 valence electrons. The molecule has 0 saturated heterocycles. The van der Waals surface area contributed by atoms with Gasteiger partial charge in [0.2, 0.25) is 12.7 Å². The number of ether oxygens (including phenoxy) is 2. The Kier molecular flexibility index (Phi) is 4.97. The fourth-order valence-corrected chi connectivity index (χ4v) is 2.31. The lowest BCUT2D eigenvalue weighted by molar-refractivity contribution is -0.121. The highest BCUT2D eigenvalue weighted by atomic mass is 19.2. The largest absolute Gasteiger partial charge is 0.454 e. The summed E-state index contributed by atoms with van der Waals surface area (Å²) in [6.07, 6.45) is 0.0446. The monoisotopic (exact) mass is 352 g/mol. The minimum absolute atomic E-state index is 0.0446. The van der Waals surface area contributed by atoms with Crippen molar-refractivity contribution in [3.05, 3.63) is 53.3 Å². The van der Waals surface area contributed by atoms with Crippen LogP contribution in [0.25, 0.3) is 0 Å². The summed E-state index contributed by atoms with van der Waals surface area (Å²) < 4.78 is 49.8. The van der Waals surface area contributed by atoms with Crippen molar-refractivity contribution in [1.29, 1.82) is 0 Å². The molecule has 0 spiro atoms. The van der Waals surface area contributed by atoms with E-state index in [1.54, 1.807) is 12.1 Å². The number of benzene rings is 2. The molecule has 2 aromatic carbocycles. The fourth-order valence-electron chi connectivity index (χ4n) is 2.31. The molecule has 5 nitrogen and oxygen atoms in total. The third-order valence-electron chi connectivity index (χ3n) is 3.63. The van der Waals surface area contributed by atoms with Crippen LogP contribution in [0.4, 0.5) is 18.9 Å². The second-order valence-electron chi connectivity index (χ2n) is 5.36. The number of anilines is 1. The molecule has 0 aromatic heterocycles. The van der Waals surface area contributed by atoms with Crippen LogP contribution in [0.2, 0.25) is 0 Å². The SMILES string of the molecule is O=C(CCNc1ccc(F)c(F)c1F)NCc1ccc2c(c1)OCO2. The van der Waals surface area contributed by atoms with E-state index in [0.717, 1.165) is 17.7 Å². The van der Waals surface area contributed by atoms with E-state index in [-0.39, 0.29) is 31.4 Å².